The molecule has 3 heterocycles. The summed E-state index contributed by atoms with van der Waals surface area (Å²) in [6.45, 7) is 11.3. The van der Waals surface area contributed by atoms with Gasteiger partial charge in [0, 0.05) is 57.1 Å². The Hall–Kier alpha value is -2.57. The molecule has 140 valence electrons. The van der Waals surface area contributed by atoms with E-state index in [0.717, 1.165) is 74.7 Å². The maximum Gasteiger partial charge on any atom is 0.225 e. The molecule has 26 heavy (non-hydrogen) atoms. The fourth-order valence-corrected chi connectivity index (χ4v) is 3.12. The monoisotopic (exact) mass is 356 g/mol. The summed E-state index contributed by atoms with van der Waals surface area (Å²) in [5.41, 5.74) is 2.03. The molecule has 0 spiro atoms. The topological polar surface area (TPSA) is 69.8 Å². The maximum atomic E-state index is 5.38. The number of aliphatic imine (C=N–C) groups is 1. The number of hydrogen-bond donors (Lipinski definition) is 1. The van der Waals surface area contributed by atoms with Crippen molar-refractivity contribution in [3.8, 4) is 0 Å². The smallest absolute Gasteiger partial charge is 0.225 e. The third kappa shape index (κ3) is 4.74. The molecule has 7 heteroatoms. The fraction of sp³-hybridized carbons (Fsp3) is 0.526. The SMILES string of the molecule is CCNC(=NCCc1ccco1)N1CCN(c2nc(C)cc(C)n2)CC1. The van der Waals surface area contributed by atoms with Crippen LogP contribution < -0.4 is 10.2 Å². The van der Waals surface area contributed by atoms with Gasteiger partial charge in [0.25, 0.3) is 0 Å². The van der Waals surface area contributed by atoms with Gasteiger partial charge in [0.1, 0.15) is 5.76 Å². The summed E-state index contributed by atoms with van der Waals surface area (Å²) in [6.07, 6.45) is 2.52. The highest BCUT2D eigenvalue weighted by atomic mass is 16.3. The van der Waals surface area contributed by atoms with Gasteiger partial charge in [-0.15, -0.1) is 0 Å². The standard InChI is InChI=1S/C19H28N6O/c1-4-20-18(21-8-7-17-6-5-13-26-17)24-9-11-25(12-10-24)19-22-15(2)14-16(3)23-19/h5-6,13-14H,4,7-12H2,1-3H3,(H,20,21). The first-order valence-electron chi connectivity index (χ1n) is 9.28. The summed E-state index contributed by atoms with van der Waals surface area (Å²) in [4.78, 5) is 18.5. The number of furan rings is 1. The largest absolute Gasteiger partial charge is 0.469 e. The number of anilines is 1. The summed E-state index contributed by atoms with van der Waals surface area (Å²) in [5.74, 6) is 2.78. The van der Waals surface area contributed by atoms with Gasteiger partial charge >= 0.3 is 0 Å². The van der Waals surface area contributed by atoms with E-state index in [-0.39, 0.29) is 0 Å². The van der Waals surface area contributed by atoms with Gasteiger partial charge in [-0.05, 0) is 39.0 Å². The van der Waals surface area contributed by atoms with Crippen molar-refractivity contribution in [3.63, 3.8) is 0 Å². The van der Waals surface area contributed by atoms with Crippen LogP contribution in [0.2, 0.25) is 0 Å². The Morgan fingerprint density at radius 2 is 1.92 bits per heavy atom. The average Bonchev–Trinajstić information content (AvgIpc) is 3.14. The number of guanidine groups is 1. The first-order valence-corrected chi connectivity index (χ1v) is 9.28. The van der Waals surface area contributed by atoms with Gasteiger partial charge in [0.05, 0.1) is 6.26 Å². The molecule has 2 aromatic heterocycles. The van der Waals surface area contributed by atoms with Gasteiger partial charge in [-0.25, -0.2) is 9.97 Å². The summed E-state index contributed by atoms with van der Waals surface area (Å²) < 4.78 is 5.38. The molecule has 0 aromatic carbocycles. The number of nitrogens with one attached hydrogen (secondary N) is 1. The molecule has 3 rings (SSSR count). The molecule has 0 atom stereocenters. The first-order chi connectivity index (χ1) is 12.7. The van der Waals surface area contributed by atoms with Crippen LogP contribution in [0.3, 0.4) is 0 Å². The Kier molecular flexibility index (Phi) is 6.09. The van der Waals surface area contributed by atoms with E-state index >= 15 is 0 Å². The van der Waals surface area contributed by atoms with Crippen molar-refractivity contribution in [1.29, 1.82) is 0 Å². The summed E-state index contributed by atoms with van der Waals surface area (Å²) in [5, 5.41) is 3.40. The Balaban J connectivity index is 1.58. The van der Waals surface area contributed by atoms with Crippen LogP contribution in [-0.2, 0) is 6.42 Å². The first kappa shape index (κ1) is 18.2. The second-order valence-corrected chi connectivity index (χ2v) is 6.49. The van der Waals surface area contributed by atoms with E-state index in [0.29, 0.717) is 0 Å². The molecule has 1 aliphatic heterocycles. The summed E-state index contributed by atoms with van der Waals surface area (Å²) in [7, 11) is 0. The second-order valence-electron chi connectivity index (χ2n) is 6.49. The molecule has 0 bridgehead atoms. The van der Waals surface area contributed by atoms with Crippen molar-refractivity contribution in [3.05, 3.63) is 41.6 Å². The summed E-state index contributed by atoms with van der Waals surface area (Å²) >= 11 is 0. The maximum absolute atomic E-state index is 5.38. The van der Waals surface area contributed by atoms with Crippen LogP contribution in [0.15, 0.2) is 33.9 Å². The number of rotatable bonds is 5. The molecule has 7 nitrogen and oxygen atoms in total. The molecule has 1 aliphatic rings. The van der Waals surface area contributed by atoms with Gasteiger partial charge < -0.3 is 19.5 Å². The lowest BCUT2D eigenvalue weighted by molar-refractivity contribution is 0.370. The predicted octanol–water partition coefficient (Wildman–Crippen LogP) is 2.02. The van der Waals surface area contributed by atoms with E-state index in [1.807, 2.05) is 32.0 Å². The van der Waals surface area contributed by atoms with Gasteiger partial charge in [-0.2, -0.15) is 0 Å². The van der Waals surface area contributed by atoms with Crippen LogP contribution in [0, 0.1) is 13.8 Å². The minimum absolute atomic E-state index is 0.718. The quantitative estimate of drug-likeness (QED) is 0.653. The van der Waals surface area contributed by atoms with Crippen LogP contribution >= 0.6 is 0 Å². The molecular formula is C19H28N6O. The lowest BCUT2D eigenvalue weighted by Gasteiger charge is -2.36. The number of piperazine rings is 1. The van der Waals surface area contributed by atoms with Gasteiger partial charge in [-0.3, -0.25) is 4.99 Å². The Morgan fingerprint density at radius 1 is 1.19 bits per heavy atom. The molecule has 0 amide bonds. The lowest BCUT2D eigenvalue weighted by atomic mass is 10.3. The van der Waals surface area contributed by atoms with Crippen LogP contribution in [0.5, 0.6) is 0 Å². The lowest BCUT2D eigenvalue weighted by Crippen LogP contribution is -2.53. The number of aryl methyl sites for hydroxylation is 2. The normalized spacial score (nSPS) is 15.4. The van der Waals surface area contributed by atoms with Crippen molar-refractivity contribution in [1.82, 2.24) is 20.2 Å². The second kappa shape index (κ2) is 8.69. The van der Waals surface area contributed by atoms with E-state index < -0.39 is 0 Å². The van der Waals surface area contributed by atoms with Gasteiger partial charge in [-0.1, -0.05) is 0 Å². The highest BCUT2D eigenvalue weighted by Crippen LogP contribution is 2.13. The highest BCUT2D eigenvalue weighted by molar-refractivity contribution is 5.80. The highest BCUT2D eigenvalue weighted by Gasteiger charge is 2.21. The number of hydrogen-bond acceptors (Lipinski definition) is 5. The van der Waals surface area contributed by atoms with Gasteiger partial charge in [0.15, 0.2) is 5.96 Å². The Morgan fingerprint density at radius 3 is 2.54 bits per heavy atom. The zero-order valence-electron chi connectivity index (χ0n) is 15.9. The third-order valence-electron chi connectivity index (χ3n) is 4.37. The van der Waals surface area contributed by atoms with Crippen LogP contribution in [0.1, 0.15) is 24.1 Å². The van der Waals surface area contributed by atoms with Crippen molar-refractivity contribution in [2.75, 3.05) is 44.2 Å². The number of nitrogens with zero attached hydrogens (tertiary/aromatic N) is 5. The molecule has 0 radical (unpaired) electrons. The van der Waals surface area contributed by atoms with Crippen LogP contribution in [0.4, 0.5) is 5.95 Å². The molecule has 0 aliphatic carbocycles. The molecule has 1 fully saturated rings. The van der Waals surface area contributed by atoms with Crippen molar-refractivity contribution < 1.29 is 4.42 Å². The van der Waals surface area contributed by atoms with Crippen molar-refractivity contribution in [2.45, 2.75) is 27.2 Å². The van der Waals surface area contributed by atoms with Crippen molar-refractivity contribution in [2.24, 2.45) is 4.99 Å². The summed E-state index contributed by atoms with van der Waals surface area (Å²) in [6, 6.07) is 5.91. The van der Waals surface area contributed by atoms with E-state index in [4.69, 9.17) is 9.41 Å². The Bertz CT molecular complexity index is 699. The average molecular weight is 356 g/mol. The van der Waals surface area contributed by atoms with Crippen molar-refractivity contribution >= 4 is 11.9 Å². The minimum Gasteiger partial charge on any atom is -0.469 e. The molecule has 0 unspecified atom stereocenters. The van der Waals surface area contributed by atoms with Crippen LogP contribution in [-0.4, -0.2) is 60.1 Å². The van der Waals surface area contributed by atoms with E-state index in [9.17, 15) is 0 Å². The van der Waals surface area contributed by atoms with E-state index in [1.165, 1.54) is 0 Å². The fourth-order valence-electron chi connectivity index (χ4n) is 3.12. The van der Waals surface area contributed by atoms with Crippen LogP contribution in [0.25, 0.3) is 0 Å². The van der Waals surface area contributed by atoms with E-state index in [1.54, 1.807) is 6.26 Å². The third-order valence-corrected chi connectivity index (χ3v) is 4.37. The molecule has 0 saturated carbocycles. The molecule has 1 N–H and O–H groups in total. The zero-order chi connectivity index (χ0) is 18.4. The molecular weight excluding hydrogens is 328 g/mol. The zero-order valence-corrected chi connectivity index (χ0v) is 15.9. The molecule has 1 saturated heterocycles. The van der Waals surface area contributed by atoms with E-state index in [2.05, 4.69) is 32.0 Å². The predicted molar refractivity (Wildman–Crippen MR) is 104 cm³/mol. The number of aromatic nitrogens is 2. The Labute approximate surface area is 155 Å². The molecule has 2 aromatic rings. The van der Waals surface area contributed by atoms with Gasteiger partial charge in [0.2, 0.25) is 5.95 Å². The minimum atomic E-state index is 0.718.